The third-order valence-electron chi connectivity index (χ3n) is 7.43. The Hall–Kier alpha value is -3.55. The predicted molar refractivity (Wildman–Crippen MR) is 152 cm³/mol. The van der Waals surface area contributed by atoms with E-state index < -0.39 is 0 Å². The van der Waals surface area contributed by atoms with Gasteiger partial charge in [0, 0.05) is 57.0 Å². The lowest BCUT2D eigenvalue weighted by Crippen LogP contribution is -2.47. The van der Waals surface area contributed by atoms with Gasteiger partial charge in [-0.05, 0) is 47.9 Å². The average Bonchev–Trinajstić information content (AvgIpc) is 2.96. The number of hydrogen-bond acceptors (Lipinski definition) is 7. The molecule has 7 nitrogen and oxygen atoms in total. The summed E-state index contributed by atoms with van der Waals surface area (Å²) < 4.78 is 17.0. The van der Waals surface area contributed by atoms with Crippen LogP contribution in [0, 0.1) is 5.41 Å². The third-order valence-corrected chi connectivity index (χ3v) is 7.43. The SMILES string of the molecule is CC/C=C1\C(=N)C2=C(C=C1CN1CCN(c3ccccc3OC)CC1)CN(Cc1ccc(OC)cc1)CO2. The van der Waals surface area contributed by atoms with Gasteiger partial charge < -0.3 is 19.1 Å². The van der Waals surface area contributed by atoms with Crippen LogP contribution in [-0.4, -0.2) is 75.7 Å². The second-order valence-electron chi connectivity index (χ2n) is 9.97. The van der Waals surface area contributed by atoms with E-state index >= 15 is 0 Å². The Labute approximate surface area is 226 Å². The second-order valence-corrected chi connectivity index (χ2v) is 9.97. The highest BCUT2D eigenvalue weighted by Gasteiger charge is 2.30. The van der Waals surface area contributed by atoms with Crippen LogP contribution in [0.1, 0.15) is 18.9 Å². The molecule has 0 amide bonds. The molecule has 2 aromatic rings. The summed E-state index contributed by atoms with van der Waals surface area (Å²) >= 11 is 0. The molecule has 5 rings (SSSR count). The topological polar surface area (TPSA) is 61.3 Å². The first-order valence-electron chi connectivity index (χ1n) is 13.4. The van der Waals surface area contributed by atoms with E-state index in [1.54, 1.807) is 14.2 Å². The number of benzene rings is 2. The summed E-state index contributed by atoms with van der Waals surface area (Å²) in [5, 5.41) is 8.98. The lowest BCUT2D eigenvalue weighted by atomic mass is 9.88. The molecule has 38 heavy (non-hydrogen) atoms. The minimum atomic E-state index is 0.487. The molecule has 0 saturated carbocycles. The standard InChI is InChI=1S/C31H38N4O3/c1-4-7-27-24(20-33-14-16-35(17-15-33)28-8-5-6-9-29(28)37-3)18-25-21-34(22-38-31(25)30(27)32)19-23-10-12-26(36-2)13-11-23/h5-13,18,32H,4,14-17,19-22H2,1-3H3/b27-7-,32-30?. The molecule has 1 aliphatic carbocycles. The lowest BCUT2D eigenvalue weighted by Gasteiger charge is -2.38. The van der Waals surface area contributed by atoms with Gasteiger partial charge in [-0.25, -0.2) is 0 Å². The summed E-state index contributed by atoms with van der Waals surface area (Å²) in [6.07, 6.45) is 5.35. The quantitative estimate of drug-likeness (QED) is 0.543. The Morgan fingerprint density at radius 3 is 2.39 bits per heavy atom. The maximum absolute atomic E-state index is 8.98. The number of hydrogen-bond donors (Lipinski definition) is 1. The first-order valence-corrected chi connectivity index (χ1v) is 13.4. The number of methoxy groups -OCH3 is 2. The zero-order chi connectivity index (χ0) is 26.5. The van der Waals surface area contributed by atoms with Crippen LogP contribution >= 0.6 is 0 Å². The number of nitrogens with zero attached hydrogens (tertiary/aromatic N) is 3. The highest BCUT2D eigenvalue weighted by molar-refractivity contribution is 6.14. The summed E-state index contributed by atoms with van der Waals surface area (Å²) in [5.74, 6) is 2.52. The lowest BCUT2D eigenvalue weighted by molar-refractivity contribution is 0.0625. The minimum absolute atomic E-state index is 0.487. The molecule has 0 radical (unpaired) electrons. The van der Waals surface area contributed by atoms with Crippen molar-refractivity contribution in [2.75, 3.05) is 65.1 Å². The highest BCUT2D eigenvalue weighted by atomic mass is 16.5. The average molecular weight is 515 g/mol. The van der Waals surface area contributed by atoms with E-state index in [0.717, 1.165) is 86.3 Å². The zero-order valence-electron chi connectivity index (χ0n) is 22.7. The van der Waals surface area contributed by atoms with Crippen molar-refractivity contribution in [2.45, 2.75) is 19.9 Å². The van der Waals surface area contributed by atoms with Crippen LogP contribution in [0.5, 0.6) is 11.5 Å². The van der Waals surface area contributed by atoms with Gasteiger partial charge in [0.25, 0.3) is 0 Å². The van der Waals surface area contributed by atoms with Crippen LogP contribution in [0.3, 0.4) is 0 Å². The van der Waals surface area contributed by atoms with E-state index in [-0.39, 0.29) is 0 Å². The molecule has 7 heteroatoms. The van der Waals surface area contributed by atoms with Crippen molar-refractivity contribution in [1.29, 1.82) is 5.41 Å². The molecule has 0 unspecified atom stereocenters. The van der Waals surface area contributed by atoms with Gasteiger partial charge in [0.15, 0.2) is 5.76 Å². The number of para-hydroxylation sites is 2. The van der Waals surface area contributed by atoms with Crippen LogP contribution in [-0.2, 0) is 11.3 Å². The second kappa shape index (κ2) is 11.9. The highest BCUT2D eigenvalue weighted by Crippen LogP contribution is 2.33. The van der Waals surface area contributed by atoms with Crippen LogP contribution < -0.4 is 14.4 Å². The Morgan fingerprint density at radius 2 is 1.68 bits per heavy atom. The molecule has 1 saturated heterocycles. The Bertz CT molecular complexity index is 1240. The van der Waals surface area contributed by atoms with Crippen molar-refractivity contribution in [2.24, 2.45) is 0 Å². The van der Waals surface area contributed by atoms with Crippen LogP contribution in [0.4, 0.5) is 5.69 Å². The van der Waals surface area contributed by atoms with Crippen molar-refractivity contribution in [3.8, 4) is 11.5 Å². The van der Waals surface area contributed by atoms with Crippen LogP contribution in [0.2, 0.25) is 0 Å². The molecule has 2 heterocycles. The Kier molecular flexibility index (Phi) is 8.15. The molecule has 2 aliphatic heterocycles. The third kappa shape index (κ3) is 5.64. The maximum Gasteiger partial charge on any atom is 0.151 e. The van der Waals surface area contributed by atoms with E-state index in [0.29, 0.717) is 12.4 Å². The van der Waals surface area contributed by atoms with Crippen LogP contribution in [0.25, 0.3) is 0 Å². The van der Waals surface area contributed by atoms with Crippen molar-refractivity contribution in [3.63, 3.8) is 0 Å². The van der Waals surface area contributed by atoms with Crippen molar-refractivity contribution in [1.82, 2.24) is 9.80 Å². The summed E-state index contributed by atoms with van der Waals surface area (Å²) in [5.41, 5.74) is 6.24. The van der Waals surface area contributed by atoms with Gasteiger partial charge >= 0.3 is 0 Å². The number of allylic oxidation sites excluding steroid dienone is 2. The molecule has 1 N–H and O–H groups in total. The fourth-order valence-corrected chi connectivity index (χ4v) is 5.46. The zero-order valence-corrected chi connectivity index (χ0v) is 22.7. The van der Waals surface area contributed by atoms with E-state index in [1.807, 2.05) is 24.3 Å². The van der Waals surface area contributed by atoms with Gasteiger partial charge in [0.05, 0.1) is 19.9 Å². The fourth-order valence-electron chi connectivity index (χ4n) is 5.46. The molecule has 0 aromatic heterocycles. The fraction of sp³-hybridized carbons (Fsp3) is 0.387. The summed E-state index contributed by atoms with van der Waals surface area (Å²) in [4.78, 5) is 7.18. The van der Waals surface area contributed by atoms with Crippen molar-refractivity contribution in [3.05, 3.63) is 88.7 Å². The van der Waals surface area contributed by atoms with E-state index in [2.05, 4.69) is 58.0 Å². The first-order chi connectivity index (χ1) is 18.6. The predicted octanol–water partition coefficient (Wildman–Crippen LogP) is 4.87. The number of ether oxygens (including phenoxy) is 3. The number of rotatable bonds is 8. The molecule has 1 fully saturated rings. The number of nitrogens with one attached hydrogen (secondary N) is 1. The molecule has 0 spiro atoms. The minimum Gasteiger partial charge on any atom is -0.497 e. The molecule has 3 aliphatic rings. The van der Waals surface area contributed by atoms with Crippen LogP contribution in [0.15, 0.2) is 83.2 Å². The summed E-state index contributed by atoms with van der Waals surface area (Å²) in [6.45, 7) is 8.85. The normalized spacial score (nSPS) is 19.8. The van der Waals surface area contributed by atoms with Gasteiger partial charge in [0.2, 0.25) is 0 Å². The Morgan fingerprint density at radius 1 is 0.921 bits per heavy atom. The smallest absolute Gasteiger partial charge is 0.151 e. The molecule has 0 atom stereocenters. The largest absolute Gasteiger partial charge is 0.497 e. The first kappa shape index (κ1) is 26.1. The number of piperazine rings is 1. The van der Waals surface area contributed by atoms with E-state index in [1.165, 1.54) is 11.1 Å². The summed E-state index contributed by atoms with van der Waals surface area (Å²) in [7, 11) is 3.42. The summed E-state index contributed by atoms with van der Waals surface area (Å²) in [6, 6.07) is 16.4. The monoisotopic (exact) mass is 514 g/mol. The van der Waals surface area contributed by atoms with E-state index in [4.69, 9.17) is 19.6 Å². The molecule has 2 aromatic carbocycles. The van der Waals surface area contributed by atoms with E-state index in [9.17, 15) is 0 Å². The Balaban J connectivity index is 1.27. The van der Waals surface area contributed by atoms with Gasteiger partial charge in [0.1, 0.15) is 23.9 Å². The maximum atomic E-state index is 8.98. The van der Waals surface area contributed by atoms with Crippen molar-refractivity contribution < 1.29 is 14.2 Å². The molecular formula is C31H38N4O3. The van der Waals surface area contributed by atoms with Gasteiger partial charge in [-0.1, -0.05) is 37.3 Å². The molecule has 200 valence electrons. The molecule has 0 bridgehead atoms. The van der Waals surface area contributed by atoms with Gasteiger partial charge in [-0.2, -0.15) is 0 Å². The molecular weight excluding hydrogens is 476 g/mol. The van der Waals surface area contributed by atoms with Gasteiger partial charge in [-0.15, -0.1) is 0 Å². The number of anilines is 1. The van der Waals surface area contributed by atoms with Crippen molar-refractivity contribution >= 4 is 11.4 Å². The van der Waals surface area contributed by atoms with Gasteiger partial charge in [-0.3, -0.25) is 15.2 Å².